The Balaban J connectivity index is 1.80. The normalized spacial score (nSPS) is 17.1. The molecule has 0 saturated carbocycles. The van der Waals surface area contributed by atoms with Crippen LogP contribution in [0.25, 0.3) is 11.3 Å². The van der Waals surface area contributed by atoms with Gasteiger partial charge in [0.25, 0.3) is 15.9 Å². The number of rotatable bonds is 7. The van der Waals surface area contributed by atoms with E-state index >= 15 is 0 Å². The van der Waals surface area contributed by atoms with Gasteiger partial charge in [-0.3, -0.25) is 4.79 Å². The van der Waals surface area contributed by atoms with Gasteiger partial charge in [0, 0.05) is 23.8 Å². The summed E-state index contributed by atoms with van der Waals surface area (Å²) in [7, 11) is -4.25. The smallest absolute Gasteiger partial charge is 0.268 e. The number of amides is 1. The first kappa shape index (κ1) is 26.4. The topological polar surface area (TPSA) is 128 Å². The number of para-hydroxylation sites is 1. The number of carbonyl (C=O) groups is 1. The lowest BCUT2D eigenvalue weighted by Crippen LogP contribution is -2.43. The molecule has 3 N–H and O–H groups in total. The number of nitrogens with zero attached hydrogens (tertiary/aromatic N) is 3. The summed E-state index contributed by atoms with van der Waals surface area (Å²) < 4.78 is 34.1. The Kier molecular flexibility index (Phi) is 7.14. The van der Waals surface area contributed by atoms with E-state index in [2.05, 4.69) is 35.4 Å². The van der Waals surface area contributed by atoms with Crippen LogP contribution in [-0.4, -0.2) is 42.5 Å². The zero-order chi connectivity index (χ0) is 27.0. The molecule has 196 valence electrons. The highest BCUT2D eigenvalue weighted by Crippen LogP contribution is 2.40. The Bertz CT molecular complexity index is 1420. The number of pyridine rings is 2. The Morgan fingerprint density at radius 1 is 1.16 bits per heavy atom. The standard InChI is InChI=1S/C27H33N5O4S/c1-17(2)36-22-10-7-6-9-19(22)21-13-12-20(25(30-21)32-16-14-18(3)27(32,4)5)26(33)31-37(34,35)23-11-8-15-29-24(23)28/h6-13,15,17-18H,14,16H2,1-5H3,(H2,28,29)(H,31,33). The van der Waals surface area contributed by atoms with Crippen LogP contribution >= 0.6 is 0 Å². The fourth-order valence-corrected chi connectivity index (χ4v) is 5.54. The Morgan fingerprint density at radius 3 is 2.54 bits per heavy atom. The summed E-state index contributed by atoms with van der Waals surface area (Å²) in [5.41, 5.74) is 7.01. The van der Waals surface area contributed by atoms with Crippen LogP contribution in [-0.2, 0) is 10.0 Å². The van der Waals surface area contributed by atoms with Gasteiger partial charge in [-0.05, 0) is 76.4 Å². The number of nitrogen functional groups attached to an aromatic ring is 1. The molecule has 3 heterocycles. The molecule has 10 heteroatoms. The first-order chi connectivity index (χ1) is 17.4. The zero-order valence-electron chi connectivity index (χ0n) is 21.7. The van der Waals surface area contributed by atoms with Gasteiger partial charge in [0.2, 0.25) is 0 Å². The van der Waals surface area contributed by atoms with Crippen molar-refractivity contribution < 1.29 is 17.9 Å². The number of hydrogen-bond donors (Lipinski definition) is 2. The maximum atomic E-state index is 13.4. The van der Waals surface area contributed by atoms with E-state index in [1.54, 1.807) is 12.1 Å². The molecule has 1 saturated heterocycles. The minimum absolute atomic E-state index is 0.0332. The van der Waals surface area contributed by atoms with E-state index < -0.39 is 15.9 Å². The van der Waals surface area contributed by atoms with Crippen molar-refractivity contribution in [2.75, 3.05) is 17.2 Å². The highest BCUT2D eigenvalue weighted by Gasteiger charge is 2.41. The van der Waals surface area contributed by atoms with Crippen LogP contribution in [0.15, 0.2) is 59.6 Å². The molecule has 0 radical (unpaired) electrons. The molecule has 37 heavy (non-hydrogen) atoms. The highest BCUT2D eigenvalue weighted by molar-refractivity contribution is 7.90. The average Bonchev–Trinajstić information content (AvgIpc) is 3.10. The van der Waals surface area contributed by atoms with Crippen molar-refractivity contribution >= 4 is 27.6 Å². The molecule has 1 fully saturated rings. The number of sulfonamides is 1. The second-order valence-corrected chi connectivity index (χ2v) is 11.7. The van der Waals surface area contributed by atoms with Crippen LogP contribution in [0.1, 0.15) is 51.4 Å². The quantitative estimate of drug-likeness (QED) is 0.470. The van der Waals surface area contributed by atoms with Crippen LogP contribution < -0.4 is 20.1 Å². The molecule has 1 aliphatic rings. The first-order valence-corrected chi connectivity index (χ1v) is 13.7. The summed E-state index contributed by atoms with van der Waals surface area (Å²) >= 11 is 0. The lowest BCUT2D eigenvalue weighted by molar-refractivity contribution is 0.0981. The van der Waals surface area contributed by atoms with E-state index in [4.69, 9.17) is 15.5 Å². The molecule has 0 spiro atoms. The summed E-state index contributed by atoms with van der Waals surface area (Å²) in [6.45, 7) is 10.9. The van der Waals surface area contributed by atoms with Gasteiger partial charge in [0.15, 0.2) is 0 Å². The monoisotopic (exact) mass is 523 g/mol. The third kappa shape index (κ3) is 5.24. The number of ether oxygens (including phenoxy) is 1. The van der Waals surface area contributed by atoms with Crippen molar-refractivity contribution in [1.82, 2.24) is 14.7 Å². The van der Waals surface area contributed by atoms with Crippen LogP contribution in [0.5, 0.6) is 5.75 Å². The molecule has 1 amide bonds. The van der Waals surface area contributed by atoms with E-state index in [-0.39, 0.29) is 27.9 Å². The van der Waals surface area contributed by atoms with Gasteiger partial charge in [-0.25, -0.2) is 23.1 Å². The van der Waals surface area contributed by atoms with Gasteiger partial charge in [0.1, 0.15) is 22.3 Å². The first-order valence-electron chi connectivity index (χ1n) is 12.2. The summed E-state index contributed by atoms with van der Waals surface area (Å²) in [6.07, 6.45) is 2.26. The number of benzene rings is 1. The van der Waals surface area contributed by atoms with Gasteiger partial charge >= 0.3 is 0 Å². The van der Waals surface area contributed by atoms with Crippen molar-refractivity contribution in [3.63, 3.8) is 0 Å². The van der Waals surface area contributed by atoms with Gasteiger partial charge in [0.05, 0.1) is 17.4 Å². The number of nitrogens with one attached hydrogen (secondary N) is 1. The van der Waals surface area contributed by atoms with Crippen LogP contribution in [0.4, 0.5) is 11.6 Å². The van der Waals surface area contributed by atoms with Crippen molar-refractivity contribution in [2.45, 2.75) is 57.6 Å². The fraction of sp³-hybridized carbons (Fsp3) is 0.370. The van der Waals surface area contributed by atoms with E-state index in [1.165, 1.54) is 18.3 Å². The van der Waals surface area contributed by atoms with Gasteiger partial charge in [-0.15, -0.1) is 0 Å². The van der Waals surface area contributed by atoms with Gasteiger partial charge < -0.3 is 15.4 Å². The number of aromatic nitrogens is 2. The number of nitrogens with two attached hydrogens (primary N) is 1. The molecule has 9 nitrogen and oxygen atoms in total. The molecule has 0 bridgehead atoms. The van der Waals surface area contributed by atoms with Crippen molar-refractivity contribution in [3.05, 3.63) is 60.3 Å². The zero-order valence-corrected chi connectivity index (χ0v) is 22.5. The summed E-state index contributed by atoms with van der Waals surface area (Å²) in [6, 6.07) is 13.7. The van der Waals surface area contributed by atoms with E-state index in [1.807, 2.05) is 38.1 Å². The molecule has 1 unspecified atom stereocenters. The van der Waals surface area contributed by atoms with Gasteiger partial charge in [-0.2, -0.15) is 0 Å². The van der Waals surface area contributed by atoms with Gasteiger partial charge in [-0.1, -0.05) is 19.1 Å². The summed E-state index contributed by atoms with van der Waals surface area (Å²) in [4.78, 5) is 24.0. The Morgan fingerprint density at radius 2 is 1.89 bits per heavy atom. The van der Waals surface area contributed by atoms with Crippen molar-refractivity contribution in [3.8, 4) is 17.0 Å². The SMILES string of the molecule is CC(C)Oc1ccccc1-c1ccc(C(=O)NS(=O)(=O)c2cccnc2N)c(N2CCC(C)C2(C)C)n1. The Hall–Kier alpha value is -3.66. The van der Waals surface area contributed by atoms with Crippen LogP contribution in [0.3, 0.4) is 0 Å². The predicted octanol–water partition coefficient (Wildman–Crippen LogP) is 4.26. The largest absolute Gasteiger partial charge is 0.490 e. The fourth-order valence-electron chi connectivity index (χ4n) is 4.49. The predicted molar refractivity (Wildman–Crippen MR) is 144 cm³/mol. The number of hydrogen-bond acceptors (Lipinski definition) is 8. The van der Waals surface area contributed by atoms with E-state index in [9.17, 15) is 13.2 Å². The minimum Gasteiger partial charge on any atom is -0.490 e. The summed E-state index contributed by atoms with van der Waals surface area (Å²) in [5.74, 6) is 0.450. The Labute approximate surface area is 218 Å². The third-order valence-corrected chi connectivity index (χ3v) is 8.28. The molecular formula is C27H33N5O4S. The van der Waals surface area contributed by atoms with Crippen molar-refractivity contribution in [1.29, 1.82) is 0 Å². The third-order valence-electron chi connectivity index (χ3n) is 6.90. The van der Waals surface area contributed by atoms with E-state index in [0.717, 1.165) is 12.0 Å². The van der Waals surface area contributed by atoms with Crippen molar-refractivity contribution in [2.24, 2.45) is 5.92 Å². The maximum absolute atomic E-state index is 13.4. The molecule has 1 atom stereocenters. The maximum Gasteiger partial charge on any atom is 0.268 e. The lowest BCUT2D eigenvalue weighted by Gasteiger charge is -2.36. The molecule has 3 aromatic rings. The molecule has 1 aromatic carbocycles. The molecule has 2 aromatic heterocycles. The molecule has 4 rings (SSSR count). The number of anilines is 2. The molecular weight excluding hydrogens is 490 g/mol. The molecule has 1 aliphatic heterocycles. The van der Waals surface area contributed by atoms with Crippen LogP contribution in [0.2, 0.25) is 0 Å². The summed E-state index contributed by atoms with van der Waals surface area (Å²) in [5, 5.41) is 0. The van der Waals surface area contributed by atoms with Crippen LogP contribution in [0, 0.1) is 5.92 Å². The highest BCUT2D eigenvalue weighted by atomic mass is 32.2. The van der Waals surface area contributed by atoms with E-state index in [0.29, 0.717) is 29.7 Å². The second-order valence-electron chi connectivity index (χ2n) is 10.0. The second kappa shape index (κ2) is 10.0. The number of carbonyl (C=O) groups excluding carboxylic acids is 1. The lowest BCUT2D eigenvalue weighted by atomic mass is 9.90. The average molecular weight is 524 g/mol. The molecule has 0 aliphatic carbocycles. The minimum atomic E-state index is -4.25.